The van der Waals surface area contributed by atoms with E-state index in [1.807, 2.05) is 18.2 Å². The standard InChI is InChI=1S/C15H22BrClN2O/c1-10(2)14-8-15(9-18,5-6-20-14)19-11-3-4-12(16)13(17)7-11/h3-4,7,10,14,19H,5-6,8-9,18H2,1-2H3. The molecule has 1 aromatic rings. The molecular formula is C15H22BrClN2O. The highest BCUT2D eigenvalue weighted by molar-refractivity contribution is 9.10. The first-order valence-corrected chi connectivity index (χ1v) is 8.18. The van der Waals surface area contributed by atoms with Gasteiger partial charge >= 0.3 is 0 Å². The van der Waals surface area contributed by atoms with E-state index in [1.165, 1.54) is 0 Å². The second-order valence-corrected chi connectivity index (χ2v) is 7.11. The van der Waals surface area contributed by atoms with E-state index in [2.05, 4.69) is 35.1 Å². The molecule has 0 bridgehead atoms. The van der Waals surface area contributed by atoms with Gasteiger partial charge in [0.25, 0.3) is 0 Å². The summed E-state index contributed by atoms with van der Waals surface area (Å²) in [6.45, 7) is 5.71. The van der Waals surface area contributed by atoms with Gasteiger partial charge in [-0.15, -0.1) is 0 Å². The minimum absolute atomic E-state index is 0.107. The first-order valence-electron chi connectivity index (χ1n) is 7.01. The lowest BCUT2D eigenvalue weighted by Crippen LogP contribution is -2.53. The number of hydrogen-bond acceptors (Lipinski definition) is 3. The number of ether oxygens (including phenoxy) is 1. The Kier molecular flexibility index (Phi) is 5.35. The molecule has 1 aliphatic rings. The van der Waals surface area contributed by atoms with Gasteiger partial charge < -0.3 is 15.8 Å². The molecule has 2 unspecified atom stereocenters. The van der Waals surface area contributed by atoms with E-state index >= 15 is 0 Å². The first kappa shape index (κ1) is 16.1. The van der Waals surface area contributed by atoms with Gasteiger partial charge in [-0.3, -0.25) is 0 Å². The van der Waals surface area contributed by atoms with E-state index in [0.717, 1.165) is 29.6 Å². The Labute approximate surface area is 134 Å². The average molecular weight is 362 g/mol. The Morgan fingerprint density at radius 2 is 2.30 bits per heavy atom. The highest BCUT2D eigenvalue weighted by Crippen LogP contribution is 2.33. The second kappa shape index (κ2) is 6.65. The van der Waals surface area contributed by atoms with Crippen molar-refractivity contribution in [1.82, 2.24) is 0 Å². The van der Waals surface area contributed by atoms with E-state index in [0.29, 0.717) is 17.5 Å². The maximum Gasteiger partial charge on any atom is 0.0620 e. The molecule has 0 amide bonds. The lowest BCUT2D eigenvalue weighted by molar-refractivity contribution is -0.0357. The van der Waals surface area contributed by atoms with Gasteiger partial charge in [0.05, 0.1) is 16.7 Å². The number of hydrogen-bond donors (Lipinski definition) is 2. The van der Waals surface area contributed by atoms with Crippen LogP contribution in [0.3, 0.4) is 0 Å². The highest BCUT2D eigenvalue weighted by Gasteiger charge is 2.37. The van der Waals surface area contributed by atoms with Crippen LogP contribution < -0.4 is 11.1 Å². The van der Waals surface area contributed by atoms with Crippen molar-refractivity contribution in [2.75, 3.05) is 18.5 Å². The maximum absolute atomic E-state index is 6.16. The molecule has 0 saturated carbocycles. The molecule has 112 valence electrons. The predicted octanol–water partition coefficient (Wildman–Crippen LogP) is 4.05. The number of nitrogens with two attached hydrogens (primary N) is 1. The molecule has 1 aliphatic heterocycles. The molecule has 0 aromatic heterocycles. The molecule has 0 aliphatic carbocycles. The van der Waals surface area contributed by atoms with Gasteiger partial charge in [0.15, 0.2) is 0 Å². The quantitative estimate of drug-likeness (QED) is 0.850. The lowest BCUT2D eigenvalue weighted by Gasteiger charge is -2.43. The molecule has 3 N–H and O–H groups in total. The molecule has 1 heterocycles. The molecular weight excluding hydrogens is 340 g/mol. The summed E-state index contributed by atoms with van der Waals surface area (Å²) in [7, 11) is 0. The van der Waals surface area contributed by atoms with Gasteiger partial charge in [-0.25, -0.2) is 0 Å². The third kappa shape index (κ3) is 3.67. The van der Waals surface area contributed by atoms with Gasteiger partial charge in [0.1, 0.15) is 0 Å². The molecule has 1 fully saturated rings. The zero-order chi connectivity index (χ0) is 14.8. The minimum atomic E-state index is -0.107. The summed E-state index contributed by atoms with van der Waals surface area (Å²) in [6, 6.07) is 5.91. The van der Waals surface area contributed by atoms with Gasteiger partial charge in [0, 0.05) is 23.3 Å². The fourth-order valence-corrected chi connectivity index (χ4v) is 3.04. The summed E-state index contributed by atoms with van der Waals surface area (Å²) in [6.07, 6.45) is 2.10. The topological polar surface area (TPSA) is 47.3 Å². The van der Waals surface area contributed by atoms with Crippen molar-refractivity contribution >= 4 is 33.2 Å². The predicted molar refractivity (Wildman–Crippen MR) is 88.4 cm³/mol. The number of benzene rings is 1. The summed E-state index contributed by atoms with van der Waals surface area (Å²) in [5, 5.41) is 4.29. The molecule has 0 radical (unpaired) electrons. The molecule has 1 saturated heterocycles. The summed E-state index contributed by atoms with van der Waals surface area (Å²) in [4.78, 5) is 0. The second-order valence-electron chi connectivity index (χ2n) is 5.85. The van der Waals surface area contributed by atoms with Crippen molar-refractivity contribution in [1.29, 1.82) is 0 Å². The van der Waals surface area contributed by atoms with Crippen LogP contribution in [0.4, 0.5) is 5.69 Å². The van der Waals surface area contributed by atoms with E-state index in [4.69, 9.17) is 22.1 Å². The van der Waals surface area contributed by atoms with Crippen molar-refractivity contribution in [2.24, 2.45) is 11.7 Å². The largest absolute Gasteiger partial charge is 0.378 e. The smallest absolute Gasteiger partial charge is 0.0620 e. The molecule has 2 rings (SSSR count). The normalized spacial score (nSPS) is 26.8. The van der Waals surface area contributed by atoms with E-state index in [1.54, 1.807) is 0 Å². The van der Waals surface area contributed by atoms with Crippen LogP contribution in [0.5, 0.6) is 0 Å². The Hall–Kier alpha value is -0.290. The Balaban J connectivity index is 2.16. The molecule has 20 heavy (non-hydrogen) atoms. The third-order valence-corrected chi connectivity index (χ3v) is 5.20. The number of rotatable bonds is 4. The van der Waals surface area contributed by atoms with Gasteiger partial charge in [-0.2, -0.15) is 0 Å². The fraction of sp³-hybridized carbons (Fsp3) is 0.600. The SMILES string of the molecule is CC(C)C1CC(CN)(Nc2ccc(Br)c(Cl)c2)CCO1. The summed E-state index contributed by atoms with van der Waals surface area (Å²) in [5.74, 6) is 0.497. The third-order valence-electron chi connectivity index (χ3n) is 3.97. The summed E-state index contributed by atoms with van der Waals surface area (Å²) < 4.78 is 6.75. The fourth-order valence-electron chi connectivity index (χ4n) is 2.61. The van der Waals surface area contributed by atoms with Crippen LogP contribution in [0.1, 0.15) is 26.7 Å². The van der Waals surface area contributed by atoms with E-state index < -0.39 is 0 Å². The highest BCUT2D eigenvalue weighted by atomic mass is 79.9. The molecule has 3 nitrogen and oxygen atoms in total. The monoisotopic (exact) mass is 360 g/mol. The number of anilines is 1. The van der Waals surface area contributed by atoms with Crippen molar-refractivity contribution in [3.8, 4) is 0 Å². The Bertz CT molecular complexity index is 469. The maximum atomic E-state index is 6.16. The zero-order valence-corrected chi connectivity index (χ0v) is 14.3. The van der Waals surface area contributed by atoms with E-state index in [9.17, 15) is 0 Å². The minimum Gasteiger partial charge on any atom is -0.378 e. The van der Waals surface area contributed by atoms with Crippen molar-refractivity contribution in [2.45, 2.75) is 38.3 Å². The van der Waals surface area contributed by atoms with Crippen LogP contribution in [-0.2, 0) is 4.74 Å². The Morgan fingerprint density at radius 1 is 1.55 bits per heavy atom. The van der Waals surface area contributed by atoms with Crippen LogP contribution in [0.25, 0.3) is 0 Å². The van der Waals surface area contributed by atoms with Crippen molar-refractivity contribution in [3.63, 3.8) is 0 Å². The van der Waals surface area contributed by atoms with E-state index in [-0.39, 0.29) is 11.6 Å². The van der Waals surface area contributed by atoms with Crippen LogP contribution in [0, 0.1) is 5.92 Å². The molecule has 0 spiro atoms. The molecule has 1 aromatic carbocycles. The summed E-state index contributed by atoms with van der Waals surface area (Å²) >= 11 is 9.57. The van der Waals surface area contributed by atoms with Crippen molar-refractivity contribution in [3.05, 3.63) is 27.7 Å². The Morgan fingerprint density at radius 3 is 2.90 bits per heavy atom. The van der Waals surface area contributed by atoms with Crippen LogP contribution in [-0.4, -0.2) is 24.8 Å². The number of nitrogens with one attached hydrogen (secondary N) is 1. The van der Waals surface area contributed by atoms with Gasteiger partial charge in [-0.05, 0) is 52.9 Å². The van der Waals surface area contributed by atoms with Gasteiger partial charge in [0.2, 0.25) is 0 Å². The van der Waals surface area contributed by atoms with Gasteiger partial charge in [-0.1, -0.05) is 25.4 Å². The zero-order valence-electron chi connectivity index (χ0n) is 12.0. The molecule has 2 atom stereocenters. The summed E-state index contributed by atoms with van der Waals surface area (Å²) in [5.41, 5.74) is 6.96. The first-order chi connectivity index (χ1) is 9.46. The lowest BCUT2D eigenvalue weighted by atomic mass is 9.83. The number of halogens is 2. The van der Waals surface area contributed by atoms with Crippen LogP contribution in [0.2, 0.25) is 5.02 Å². The average Bonchev–Trinajstić information content (AvgIpc) is 2.43. The van der Waals surface area contributed by atoms with Crippen molar-refractivity contribution < 1.29 is 4.74 Å². The molecule has 5 heteroatoms. The van der Waals surface area contributed by atoms with Crippen LogP contribution in [0.15, 0.2) is 22.7 Å². The van der Waals surface area contributed by atoms with Crippen LogP contribution >= 0.6 is 27.5 Å².